The van der Waals surface area contributed by atoms with Gasteiger partial charge in [0.1, 0.15) is 10.7 Å². The second kappa shape index (κ2) is 7.80. The second-order valence-corrected chi connectivity index (χ2v) is 5.71. The molecule has 2 rings (SSSR count). The maximum absolute atomic E-state index is 11.3. The number of rotatable bonds is 7. The van der Waals surface area contributed by atoms with E-state index in [2.05, 4.69) is 20.5 Å². The van der Waals surface area contributed by atoms with Crippen LogP contribution in [0.25, 0.3) is 10.7 Å². The fourth-order valence-electron chi connectivity index (χ4n) is 1.96. The van der Waals surface area contributed by atoms with Crippen LogP contribution in [0, 0.1) is 0 Å². The predicted molar refractivity (Wildman–Crippen MR) is 82.6 cm³/mol. The molecule has 1 atom stereocenters. The molecular formula is C14H19N5OS. The lowest BCUT2D eigenvalue weighted by atomic mass is 10.1. The highest BCUT2D eigenvalue weighted by Crippen LogP contribution is 2.27. The Balaban J connectivity index is 2.12. The van der Waals surface area contributed by atoms with Crippen LogP contribution in [0.1, 0.15) is 37.2 Å². The minimum atomic E-state index is -0.107. The Morgan fingerprint density at radius 2 is 2.24 bits per heavy atom. The van der Waals surface area contributed by atoms with Crippen LogP contribution in [0.15, 0.2) is 24.4 Å². The van der Waals surface area contributed by atoms with Gasteiger partial charge in [-0.05, 0) is 37.9 Å². The van der Waals surface area contributed by atoms with E-state index in [1.54, 1.807) is 6.20 Å². The van der Waals surface area contributed by atoms with Crippen LogP contribution in [0.2, 0.25) is 0 Å². The molecule has 7 heteroatoms. The van der Waals surface area contributed by atoms with E-state index in [-0.39, 0.29) is 11.9 Å². The zero-order valence-corrected chi connectivity index (χ0v) is 12.8. The quantitative estimate of drug-likeness (QED) is 0.762. The molecule has 6 nitrogen and oxygen atoms in total. The monoisotopic (exact) mass is 305 g/mol. The lowest BCUT2D eigenvalue weighted by molar-refractivity contribution is -0.119. The molecule has 0 bridgehead atoms. The molecule has 0 fully saturated rings. The Labute approximate surface area is 127 Å². The molecule has 0 saturated carbocycles. The van der Waals surface area contributed by atoms with E-state index in [1.807, 2.05) is 18.2 Å². The molecule has 0 spiro atoms. The molecule has 0 aromatic carbocycles. The Kier molecular flexibility index (Phi) is 5.77. The smallest absolute Gasteiger partial charge is 0.217 e. The molecule has 2 aromatic rings. The standard InChI is InChI=1S/C14H19N5OS/c1-10(20)17-12(7-2-4-8-15)14-19-18-13(21-14)11-6-3-5-9-16-11/h3,5-6,9,12H,2,4,7-8,15H2,1H3,(H,17,20)/t12-/m0/s1. The summed E-state index contributed by atoms with van der Waals surface area (Å²) in [6, 6.07) is 5.56. The number of carbonyl (C=O) groups excluding carboxylic acids is 1. The van der Waals surface area contributed by atoms with Crippen LogP contribution in [0.3, 0.4) is 0 Å². The number of unbranched alkanes of at least 4 members (excludes halogenated alkanes) is 1. The first kappa shape index (κ1) is 15.5. The van der Waals surface area contributed by atoms with E-state index < -0.39 is 0 Å². The third-order valence-corrected chi connectivity index (χ3v) is 4.01. The van der Waals surface area contributed by atoms with Gasteiger partial charge in [0, 0.05) is 13.1 Å². The summed E-state index contributed by atoms with van der Waals surface area (Å²) in [5.74, 6) is -0.0673. The molecule has 0 aliphatic carbocycles. The highest BCUT2D eigenvalue weighted by atomic mass is 32.1. The molecule has 3 N–H and O–H groups in total. The number of pyridine rings is 1. The van der Waals surface area contributed by atoms with Gasteiger partial charge in [0.15, 0.2) is 5.01 Å². The summed E-state index contributed by atoms with van der Waals surface area (Å²) in [7, 11) is 0. The number of carbonyl (C=O) groups is 1. The summed E-state index contributed by atoms with van der Waals surface area (Å²) in [6.07, 6.45) is 4.42. The SMILES string of the molecule is CC(=O)N[C@@H](CCCCN)c1nnc(-c2ccccn2)s1. The summed E-state index contributed by atoms with van der Waals surface area (Å²) in [5.41, 5.74) is 6.31. The Hall–Kier alpha value is -1.86. The first-order valence-corrected chi connectivity index (χ1v) is 7.74. The number of aromatic nitrogens is 3. The van der Waals surface area contributed by atoms with Crippen molar-refractivity contribution < 1.29 is 4.79 Å². The van der Waals surface area contributed by atoms with E-state index in [0.29, 0.717) is 6.54 Å². The number of nitrogens with two attached hydrogens (primary N) is 1. The average Bonchev–Trinajstić information content (AvgIpc) is 2.97. The normalized spacial score (nSPS) is 12.1. The van der Waals surface area contributed by atoms with E-state index in [0.717, 1.165) is 35.0 Å². The molecule has 1 amide bonds. The summed E-state index contributed by atoms with van der Waals surface area (Å²) < 4.78 is 0. The molecule has 112 valence electrons. The van der Waals surface area contributed by atoms with Crippen LogP contribution >= 0.6 is 11.3 Å². The van der Waals surface area contributed by atoms with Crippen molar-refractivity contribution in [2.24, 2.45) is 5.73 Å². The van der Waals surface area contributed by atoms with E-state index in [4.69, 9.17) is 5.73 Å². The number of hydrogen-bond acceptors (Lipinski definition) is 6. The van der Waals surface area contributed by atoms with E-state index in [9.17, 15) is 4.79 Å². The van der Waals surface area contributed by atoms with Gasteiger partial charge in [-0.3, -0.25) is 9.78 Å². The van der Waals surface area contributed by atoms with Gasteiger partial charge in [0.05, 0.1) is 6.04 Å². The van der Waals surface area contributed by atoms with Gasteiger partial charge in [0.25, 0.3) is 0 Å². The van der Waals surface area contributed by atoms with E-state index in [1.165, 1.54) is 18.3 Å². The van der Waals surface area contributed by atoms with Gasteiger partial charge in [-0.25, -0.2) is 0 Å². The van der Waals surface area contributed by atoms with Crippen LogP contribution in [-0.4, -0.2) is 27.6 Å². The Morgan fingerprint density at radius 3 is 2.90 bits per heavy atom. The lowest BCUT2D eigenvalue weighted by Crippen LogP contribution is -2.26. The summed E-state index contributed by atoms with van der Waals surface area (Å²) in [5, 5.41) is 12.9. The molecule has 0 aliphatic rings. The largest absolute Gasteiger partial charge is 0.347 e. The molecule has 2 aromatic heterocycles. The fraction of sp³-hybridized carbons (Fsp3) is 0.429. The maximum atomic E-state index is 11.3. The number of nitrogens with one attached hydrogen (secondary N) is 1. The summed E-state index contributed by atoms with van der Waals surface area (Å²) in [4.78, 5) is 15.6. The van der Waals surface area contributed by atoms with Gasteiger partial charge >= 0.3 is 0 Å². The highest BCUT2D eigenvalue weighted by molar-refractivity contribution is 7.14. The molecule has 0 radical (unpaired) electrons. The first-order chi connectivity index (χ1) is 10.2. The first-order valence-electron chi connectivity index (χ1n) is 6.92. The van der Waals surface area contributed by atoms with Crippen LogP contribution < -0.4 is 11.1 Å². The average molecular weight is 305 g/mol. The predicted octanol–water partition coefficient (Wildman–Crippen LogP) is 1.91. The zero-order chi connectivity index (χ0) is 15.1. The third kappa shape index (κ3) is 4.57. The van der Waals surface area contributed by atoms with Crippen LogP contribution in [0.5, 0.6) is 0 Å². The van der Waals surface area contributed by atoms with Crippen LogP contribution in [0.4, 0.5) is 0 Å². The topological polar surface area (TPSA) is 93.8 Å². The van der Waals surface area contributed by atoms with Crippen molar-refractivity contribution in [2.75, 3.05) is 6.54 Å². The van der Waals surface area contributed by atoms with Gasteiger partial charge in [-0.1, -0.05) is 17.4 Å². The number of hydrogen-bond donors (Lipinski definition) is 2. The summed E-state index contributed by atoms with van der Waals surface area (Å²) in [6.45, 7) is 2.17. The number of nitrogens with zero attached hydrogens (tertiary/aromatic N) is 3. The second-order valence-electron chi connectivity index (χ2n) is 4.70. The molecule has 0 unspecified atom stereocenters. The zero-order valence-electron chi connectivity index (χ0n) is 12.0. The van der Waals surface area contributed by atoms with Crippen molar-refractivity contribution in [3.8, 4) is 10.7 Å². The Bertz CT molecular complexity index is 572. The fourth-order valence-corrected chi connectivity index (χ4v) is 2.87. The molecule has 21 heavy (non-hydrogen) atoms. The minimum Gasteiger partial charge on any atom is -0.347 e. The lowest BCUT2D eigenvalue weighted by Gasteiger charge is -2.14. The van der Waals surface area contributed by atoms with Gasteiger partial charge < -0.3 is 11.1 Å². The summed E-state index contributed by atoms with van der Waals surface area (Å²) >= 11 is 1.46. The van der Waals surface area contributed by atoms with Crippen molar-refractivity contribution in [1.82, 2.24) is 20.5 Å². The number of amides is 1. The highest BCUT2D eigenvalue weighted by Gasteiger charge is 2.18. The van der Waals surface area contributed by atoms with E-state index >= 15 is 0 Å². The van der Waals surface area contributed by atoms with Gasteiger partial charge in [-0.15, -0.1) is 10.2 Å². The minimum absolute atomic E-state index is 0.0673. The van der Waals surface area contributed by atoms with Crippen molar-refractivity contribution in [3.63, 3.8) is 0 Å². The molecule has 0 aliphatic heterocycles. The van der Waals surface area contributed by atoms with Crippen molar-refractivity contribution in [2.45, 2.75) is 32.2 Å². The molecule has 0 saturated heterocycles. The van der Waals surface area contributed by atoms with Gasteiger partial charge in [0.2, 0.25) is 5.91 Å². The third-order valence-electron chi connectivity index (χ3n) is 2.95. The van der Waals surface area contributed by atoms with Crippen LogP contribution in [-0.2, 0) is 4.79 Å². The Morgan fingerprint density at radius 1 is 1.38 bits per heavy atom. The van der Waals surface area contributed by atoms with Gasteiger partial charge in [-0.2, -0.15) is 0 Å². The molecular weight excluding hydrogens is 286 g/mol. The van der Waals surface area contributed by atoms with Crippen molar-refractivity contribution >= 4 is 17.2 Å². The van der Waals surface area contributed by atoms with Crippen molar-refractivity contribution in [1.29, 1.82) is 0 Å². The maximum Gasteiger partial charge on any atom is 0.217 e. The molecule has 2 heterocycles. The van der Waals surface area contributed by atoms with Crippen molar-refractivity contribution in [3.05, 3.63) is 29.4 Å².